The Hall–Kier alpha value is -1.09. The lowest BCUT2D eigenvalue weighted by Crippen LogP contribution is -1.99. The van der Waals surface area contributed by atoms with Crippen LogP contribution in [0.2, 0.25) is 0 Å². The lowest BCUT2D eigenvalue weighted by atomic mass is 10.1. The summed E-state index contributed by atoms with van der Waals surface area (Å²) in [6, 6.07) is 3.23. The zero-order chi connectivity index (χ0) is 9.84. The third-order valence-electron chi connectivity index (χ3n) is 1.85. The Morgan fingerprint density at radius 3 is 2.69 bits per heavy atom. The SMILES string of the molecule is COc1c(F)cc(C)cc1CCO. The van der Waals surface area contributed by atoms with Crippen molar-refractivity contribution in [2.75, 3.05) is 13.7 Å². The van der Waals surface area contributed by atoms with Gasteiger partial charge >= 0.3 is 0 Å². The Labute approximate surface area is 77.0 Å². The van der Waals surface area contributed by atoms with Crippen LogP contribution in [0.15, 0.2) is 12.1 Å². The normalized spacial score (nSPS) is 10.2. The fourth-order valence-corrected chi connectivity index (χ4v) is 1.34. The average molecular weight is 184 g/mol. The predicted octanol–water partition coefficient (Wildman–Crippen LogP) is 1.68. The molecule has 1 N–H and O–H groups in total. The first-order valence-electron chi connectivity index (χ1n) is 4.13. The second kappa shape index (κ2) is 4.23. The topological polar surface area (TPSA) is 29.5 Å². The van der Waals surface area contributed by atoms with Crippen LogP contribution in [-0.2, 0) is 6.42 Å². The maximum Gasteiger partial charge on any atom is 0.165 e. The smallest absolute Gasteiger partial charge is 0.165 e. The quantitative estimate of drug-likeness (QED) is 0.774. The average Bonchev–Trinajstić information content (AvgIpc) is 2.04. The van der Waals surface area contributed by atoms with E-state index < -0.39 is 0 Å². The van der Waals surface area contributed by atoms with Gasteiger partial charge in [-0.05, 0) is 30.5 Å². The second-order valence-electron chi connectivity index (χ2n) is 2.91. The zero-order valence-electron chi connectivity index (χ0n) is 7.80. The number of hydrogen-bond acceptors (Lipinski definition) is 2. The lowest BCUT2D eigenvalue weighted by molar-refractivity contribution is 0.295. The highest BCUT2D eigenvalue weighted by molar-refractivity contribution is 5.38. The highest BCUT2D eigenvalue weighted by atomic mass is 19.1. The largest absolute Gasteiger partial charge is 0.493 e. The summed E-state index contributed by atoms with van der Waals surface area (Å²) in [5.74, 6) is -0.134. The molecule has 0 aliphatic carbocycles. The number of aliphatic hydroxyl groups is 1. The van der Waals surface area contributed by atoms with Crippen LogP contribution in [0.25, 0.3) is 0 Å². The van der Waals surface area contributed by atoms with E-state index in [1.165, 1.54) is 13.2 Å². The third-order valence-corrected chi connectivity index (χ3v) is 1.85. The Bertz CT molecular complexity index is 297. The third kappa shape index (κ3) is 2.18. The Balaban J connectivity index is 3.13. The Kier molecular flexibility index (Phi) is 3.25. The molecule has 0 saturated carbocycles. The van der Waals surface area contributed by atoms with E-state index in [9.17, 15) is 4.39 Å². The van der Waals surface area contributed by atoms with Crippen molar-refractivity contribution in [1.82, 2.24) is 0 Å². The molecule has 1 rings (SSSR count). The number of aryl methyl sites for hydroxylation is 1. The molecule has 1 aromatic carbocycles. The van der Waals surface area contributed by atoms with Gasteiger partial charge in [0.15, 0.2) is 11.6 Å². The number of hydrogen-bond donors (Lipinski definition) is 1. The fourth-order valence-electron chi connectivity index (χ4n) is 1.34. The predicted molar refractivity (Wildman–Crippen MR) is 48.5 cm³/mol. The minimum atomic E-state index is -0.369. The van der Waals surface area contributed by atoms with E-state index in [0.29, 0.717) is 12.0 Å². The number of halogens is 1. The van der Waals surface area contributed by atoms with Crippen molar-refractivity contribution in [3.05, 3.63) is 29.1 Å². The van der Waals surface area contributed by atoms with E-state index in [2.05, 4.69) is 0 Å². The van der Waals surface area contributed by atoms with E-state index in [1.807, 2.05) is 13.0 Å². The molecule has 13 heavy (non-hydrogen) atoms. The second-order valence-corrected chi connectivity index (χ2v) is 2.91. The molecule has 0 aliphatic rings. The van der Waals surface area contributed by atoms with Crippen LogP contribution in [0.3, 0.4) is 0 Å². The number of rotatable bonds is 3. The van der Waals surface area contributed by atoms with Crippen molar-refractivity contribution in [2.24, 2.45) is 0 Å². The standard InChI is InChI=1S/C10H13FO2/c1-7-5-8(3-4-12)10(13-2)9(11)6-7/h5-6,12H,3-4H2,1-2H3. The van der Waals surface area contributed by atoms with Crippen LogP contribution in [0, 0.1) is 12.7 Å². The number of methoxy groups -OCH3 is 1. The summed E-state index contributed by atoms with van der Waals surface area (Å²) < 4.78 is 18.1. The van der Waals surface area contributed by atoms with Crippen molar-refractivity contribution in [2.45, 2.75) is 13.3 Å². The first-order valence-corrected chi connectivity index (χ1v) is 4.13. The molecule has 3 heteroatoms. The molecule has 0 spiro atoms. The Morgan fingerprint density at radius 2 is 2.15 bits per heavy atom. The van der Waals surface area contributed by atoms with Crippen LogP contribution < -0.4 is 4.74 Å². The van der Waals surface area contributed by atoms with Gasteiger partial charge in [-0.15, -0.1) is 0 Å². The molecule has 0 amide bonds. The summed E-state index contributed by atoms with van der Waals surface area (Å²) in [6.45, 7) is 1.81. The van der Waals surface area contributed by atoms with Gasteiger partial charge in [0.05, 0.1) is 7.11 Å². The fraction of sp³-hybridized carbons (Fsp3) is 0.400. The van der Waals surface area contributed by atoms with E-state index in [1.54, 1.807) is 0 Å². The molecule has 0 fully saturated rings. The van der Waals surface area contributed by atoms with Gasteiger partial charge in [-0.25, -0.2) is 4.39 Å². The van der Waals surface area contributed by atoms with Crippen molar-refractivity contribution in [3.8, 4) is 5.75 Å². The van der Waals surface area contributed by atoms with Crippen LogP contribution in [-0.4, -0.2) is 18.8 Å². The first-order chi connectivity index (χ1) is 6.19. The minimum absolute atomic E-state index is 0.000741. The highest BCUT2D eigenvalue weighted by Gasteiger charge is 2.09. The maximum absolute atomic E-state index is 13.2. The van der Waals surface area contributed by atoms with Gasteiger partial charge in [0.25, 0.3) is 0 Å². The van der Waals surface area contributed by atoms with Gasteiger partial charge in [0, 0.05) is 6.61 Å². The molecule has 0 bridgehead atoms. The van der Waals surface area contributed by atoms with Crippen LogP contribution in [0.1, 0.15) is 11.1 Å². The van der Waals surface area contributed by atoms with Gasteiger partial charge in [0.2, 0.25) is 0 Å². The molecule has 0 atom stereocenters. The molecule has 72 valence electrons. The molecule has 2 nitrogen and oxygen atoms in total. The van der Waals surface area contributed by atoms with Crippen molar-refractivity contribution in [1.29, 1.82) is 0 Å². The number of ether oxygens (including phenoxy) is 1. The molecule has 0 aromatic heterocycles. The zero-order valence-corrected chi connectivity index (χ0v) is 7.80. The van der Waals surface area contributed by atoms with Crippen LogP contribution in [0.5, 0.6) is 5.75 Å². The molecular formula is C10H13FO2. The Morgan fingerprint density at radius 1 is 1.46 bits per heavy atom. The number of aliphatic hydroxyl groups excluding tert-OH is 1. The highest BCUT2D eigenvalue weighted by Crippen LogP contribution is 2.24. The first kappa shape index (κ1) is 9.99. The molecule has 0 heterocycles. The van der Waals surface area contributed by atoms with Crippen LogP contribution in [0.4, 0.5) is 4.39 Å². The van der Waals surface area contributed by atoms with Gasteiger partial charge < -0.3 is 9.84 Å². The van der Waals surface area contributed by atoms with Crippen molar-refractivity contribution < 1.29 is 14.2 Å². The summed E-state index contributed by atoms with van der Waals surface area (Å²) in [5, 5.41) is 8.74. The van der Waals surface area contributed by atoms with E-state index >= 15 is 0 Å². The summed E-state index contributed by atoms with van der Waals surface area (Å²) >= 11 is 0. The van der Waals surface area contributed by atoms with Crippen molar-refractivity contribution >= 4 is 0 Å². The minimum Gasteiger partial charge on any atom is -0.493 e. The van der Waals surface area contributed by atoms with E-state index in [0.717, 1.165) is 5.56 Å². The molecule has 0 unspecified atom stereocenters. The molecule has 0 aliphatic heterocycles. The molecule has 1 aromatic rings. The molecule has 0 saturated heterocycles. The van der Waals surface area contributed by atoms with Crippen LogP contribution >= 0.6 is 0 Å². The summed E-state index contributed by atoms with van der Waals surface area (Å²) in [6.07, 6.45) is 0.418. The summed E-state index contributed by atoms with van der Waals surface area (Å²) in [5.41, 5.74) is 1.55. The van der Waals surface area contributed by atoms with Gasteiger partial charge in [-0.3, -0.25) is 0 Å². The van der Waals surface area contributed by atoms with E-state index in [4.69, 9.17) is 9.84 Å². The molecule has 0 radical (unpaired) electrons. The van der Waals surface area contributed by atoms with Gasteiger partial charge in [-0.1, -0.05) is 6.07 Å². The summed E-state index contributed by atoms with van der Waals surface area (Å²) in [4.78, 5) is 0. The molecular weight excluding hydrogens is 171 g/mol. The van der Waals surface area contributed by atoms with E-state index in [-0.39, 0.29) is 18.2 Å². The maximum atomic E-state index is 13.2. The van der Waals surface area contributed by atoms with Gasteiger partial charge in [-0.2, -0.15) is 0 Å². The van der Waals surface area contributed by atoms with Crippen molar-refractivity contribution in [3.63, 3.8) is 0 Å². The van der Waals surface area contributed by atoms with Gasteiger partial charge in [0.1, 0.15) is 0 Å². The monoisotopic (exact) mass is 184 g/mol. The lowest BCUT2D eigenvalue weighted by Gasteiger charge is -2.09. The number of benzene rings is 1. The summed E-state index contributed by atoms with van der Waals surface area (Å²) in [7, 11) is 1.43.